The smallest absolute Gasteiger partial charge is 0.243 e. The molecule has 2 saturated heterocycles. The van der Waals surface area contributed by atoms with E-state index in [4.69, 9.17) is 5.26 Å². The van der Waals surface area contributed by atoms with Crippen molar-refractivity contribution < 1.29 is 17.6 Å². The lowest BCUT2D eigenvalue weighted by Gasteiger charge is -2.34. The van der Waals surface area contributed by atoms with Crippen LogP contribution >= 0.6 is 0 Å². The molecule has 1 unspecified atom stereocenters. The highest BCUT2D eigenvalue weighted by Crippen LogP contribution is 2.29. The van der Waals surface area contributed by atoms with E-state index in [1.54, 1.807) is 6.07 Å². The topological polar surface area (TPSA) is 81.5 Å². The third-order valence-electron chi connectivity index (χ3n) is 6.44. The van der Waals surface area contributed by atoms with E-state index in [0.29, 0.717) is 44.5 Å². The lowest BCUT2D eigenvalue weighted by molar-refractivity contribution is -0.137. The van der Waals surface area contributed by atoms with Gasteiger partial charge in [0.2, 0.25) is 15.9 Å². The van der Waals surface area contributed by atoms with Crippen LogP contribution in [-0.2, 0) is 21.2 Å². The number of sulfonamides is 1. The molecule has 2 aliphatic heterocycles. The number of piperidine rings is 1. The Kier molecular flexibility index (Phi) is 6.58. The Hall–Kier alpha value is -2.76. The van der Waals surface area contributed by atoms with Crippen molar-refractivity contribution in [2.75, 3.05) is 19.6 Å². The molecule has 168 valence electrons. The average molecular weight is 456 g/mol. The maximum Gasteiger partial charge on any atom is 0.243 e. The van der Waals surface area contributed by atoms with Crippen LogP contribution in [0.5, 0.6) is 0 Å². The number of halogens is 1. The predicted octanol–water partition coefficient (Wildman–Crippen LogP) is 3.33. The number of carbonyl (C=O) groups excluding carboxylic acids is 1. The van der Waals surface area contributed by atoms with Crippen molar-refractivity contribution in [2.45, 2.75) is 43.0 Å². The second-order valence-corrected chi connectivity index (χ2v) is 10.4. The van der Waals surface area contributed by atoms with E-state index in [2.05, 4.69) is 0 Å². The zero-order valence-electron chi connectivity index (χ0n) is 17.8. The van der Waals surface area contributed by atoms with Gasteiger partial charge in [-0.15, -0.1) is 0 Å². The first-order valence-electron chi connectivity index (χ1n) is 10.9. The molecule has 2 aliphatic rings. The van der Waals surface area contributed by atoms with Crippen LogP contribution in [0, 0.1) is 23.1 Å². The number of carbonyl (C=O) groups is 1. The lowest BCUT2D eigenvalue weighted by Crippen LogP contribution is -2.46. The van der Waals surface area contributed by atoms with E-state index in [1.165, 1.54) is 40.7 Å². The zero-order valence-corrected chi connectivity index (χ0v) is 18.6. The molecular formula is C24H26FN3O3S. The maximum atomic E-state index is 13.5. The van der Waals surface area contributed by atoms with Crippen molar-refractivity contribution in [3.8, 4) is 6.07 Å². The van der Waals surface area contributed by atoms with Crippen molar-refractivity contribution in [1.82, 2.24) is 9.21 Å². The minimum atomic E-state index is -3.65. The lowest BCUT2D eigenvalue weighted by atomic mass is 9.95. The minimum Gasteiger partial charge on any atom is -0.339 e. The quantitative estimate of drug-likeness (QED) is 0.693. The summed E-state index contributed by atoms with van der Waals surface area (Å²) in [6.45, 7) is 1.28. The fraction of sp³-hybridized carbons (Fsp3) is 0.417. The molecule has 1 atom stereocenters. The number of benzene rings is 2. The van der Waals surface area contributed by atoms with Gasteiger partial charge >= 0.3 is 0 Å². The fourth-order valence-electron chi connectivity index (χ4n) is 4.70. The van der Waals surface area contributed by atoms with Gasteiger partial charge in [0.1, 0.15) is 5.82 Å². The molecule has 4 rings (SSSR count). The molecule has 2 aromatic carbocycles. The van der Waals surface area contributed by atoms with Crippen molar-refractivity contribution in [3.05, 3.63) is 65.5 Å². The highest BCUT2D eigenvalue weighted by molar-refractivity contribution is 7.89. The molecule has 2 aromatic rings. The number of hydrogen-bond donors (Lipinski definition) is 0. The van der Waals surface area contributed by atoms with Crippen molar-refractivity contribution in [1.29, 1.82) is 5.26 Å². The van der Waals surface area contributed by atoms with Crippen LogP contribution < -0.4 is 0 Å². The molecule has 8 heteroatoms. The van der Waals surface area contributed by atoms with Gasteiger partial charge in [-0.1, -0.05) is 12.1 Å². The maximum absolute atomic E-state index is 13.5. The van der Waals surface area contributed by atoms with E-state index < -0.39 is 10.0 Å². The standard InChI is InChI=1S/C24H26FN3O3S/c25-21-4-1-3-19(15-21)16-22-5-2-12-28(22)24(29)20-10-13-27(14-11-20)32(30,31)23-8-6-18(17-26)7-9-23/h1,3-4,6-9,15,20,22H,2,5,10-14,16H2. The number of nitrogens with zero attached hydrogens (tertiary/aromatic N) is 3. The third-order valence-corrected chi connectivity index (χ3v) is 8.36. The van der Waals surface area contributed by atoms with Crippen LogP contribution in [0.2, 0.25) is 0 Å². The van der Waals surface area contributed by atoms with Crippen molar-refractivity contribution in [3.63, 3.8) is 0 Å². The number of rotatable bonds is 5. The zero-order chi connectivity index (χ0) is 22.7. The summed E-state index contributed by atoms with van der Waals surface area (Å²) in [4.78, 5) is 15.3. The van der Waals surface area contributed by atoms with Crippen LogP contribution in [0.25, 0.3) is 0 Å². The molecule has 0 saturated carbocycles. The van der Waals surface area contributed by atoms with Gasteiger partial charge in [0.05, 0.1) is 16.5 Å². The first-order valence-corrected chi connectivity index (χ1v) is 12.4. The molecule has 0 aliphatic carbocycles. The molecule has 6 nitrogen and oxygen atoms in total. The normalized spacial score (nSPS) is 20.2. The molecule has 0 aromatic heterocycles. The third kappa shape index (κ3) is 4.69. The second-order valence-electron chi connectivity index (χ2n) is 8.48. The highest BCUT2D eigenvalue weighted by Gasteiger charge is 2.37. The molecule has 2 fully saturated rings. The van der Waals surface area contributed by atoms with E-state index >= 15 is 0 Å². The summed E-state index contributed by atoms with van der Waals surface area (Å²) in [5.74, 6) is -0.385. The van der Waals surface area contributed by atoms with Crippen LogP contribution in [0.15, 0.2) is 53.4 Å². The van der Waals surface area contributed by atoms with E-state index in [0.717, 1.165) is 18.4 Å². The molecular weight excluding hydrogens is 429 g/mol. The van der Waals surface area contributed by atoms with Crippen LogP contribution in [-0.4, -0.2) is 49.2 Å². The number of hydrogen-bond acceptors (Lipinski definition) is 4. The largest absolute Gasteiger partial charge is 0.339 e. The molecule has 0 radical (unpaired) electrons. The Morgan fingerprint density at radius 1 is 1.06 bits per heavy atom. The minimum absolute atomic E-state index is 0.0599. The van der Waals surface area contributed by atoms with Gasteiger partial charge in [-0.25, -0.2) is 12.8 Å². The van der Waals surface area contributed by atoms with E-state index in [-0.39, 0.29) is 28.6 Å². The first-order chi connectivity index (χ1) is 15.4. The Labute approximate surface area is 188 Å². The van der Waals surface area contributed by atoms with Crippen molar-refractivity contribution in [2.24, 2.45) is 5.92 Å². The fourth-order valence-corrected chi connectivity index (χ4v) is 6.17. The summed E-state index contributed by atoms with van der Waals surface area (Å²) in [6.07, 6.45) is 3.43. The van der Waals surface area contributed by atoms with Crippen LogP contribution in [0.4, 0.5) is 4.39 Å². The SMILES string of the molecule is N#Cc1ccc(S(=O)(=O)N2CCC(C(=O)N3CCCC3Cc3cccc(F)c3)CC2)cc1. The summed E-state index contributed by atoms with van der Waals surface area (Å²) in [7, 11) is -3.65. The van der Waals surface area contributed by atoms with Gasteiger partial charge in [0.25, 0.3) is 0 Å². The van der Waals surface area contributed by atoms with Crippen LogP contribution in [0.3, 0.4) is 0 Å². The number of amides is 1. The monoisotopic (exact) mass is 455 g/mol. The highest BCUT2D eigenvalue weighted by atomic mass is 32.2. The van der Waals surface area contributed by atoms with E-state index in [1.807, 2.05) is 17.0 Å². The Morgan fingerprint density at radius 2 is 1.78 bits per heavy atom. The molecule has 32 heavy (non-hydrogen) atoms. The van der Waals surface area contributed by atoms with Gasteiger partial charge < -0.3 is 4.90 Å². The Balaban J connectivity index is 1.38. The molecule has 0 N–H and O–H groups in total. The Bertz CT molecular complexity index is 1120. The summed E-state index contributed by atoms with van der Waals surface area (Å²) in [6, 6.07) is 14.4. The van der Waals surface area contributed by atoms with Gasteiger partial charge in [-0.2, -0.15) is 9.57 Å². The Morgan fingerprint density at radius 3 is 2.44 bits per heavy atom. The van der Waals surface area contributed by atoms with Gasteiger partial charge in [0, 0.05) is 31.6 Å². The number of likely N-dealkylation sites (tertiary alicyclic amines) is 1. The number of nitriles is 1. The molecule has 2 heterocycles. The summed E-state index contributed by atoms with van der Waals surface area (Å²) >= 11 is 0. The van der Waals surface area contributed by atoms with Crippen LogP contribution in [0.1, 0.15) is 36.8 Å². The van der Waals surface area contributed by atoms with Gasteiger partial charge in [-0.3, -0.25) is 4.79 Å². The van der Waals surface area contributed by atoms with Gasteiger partial charge in [0.15, 0.2) is 0 Å². The summed E-state index contributed by atoms with van der Waals surface area (Å²) < 4.78 is 40.8. The molecule has 0 bridgehead atoms. The average Bonchev–Trinajstić information content (AvgIpc) is 3.26. The summed E-state index contributed by atoms with van der Waals surface area (Å²) in [5, 5.41) is 8.90. The van der Waals surface area contributed by atoms with E-state index in [9.17, 15) is 17.6 Å². The van der Waals surface area contributed by atoms with Crippen molar-refractivity contribution >= 4 is 15.9 Å². The first kappa shape index (κ1) is 22.4. The second kappa shape index (κ2) is 9.39. The van der Waals surface area contributed by atoms with Gasteiger partial charge in [-0.05, 0) is 74.1 Å². The molecule has 1 amide bonds. The molecule has 0 spiro atoms. The summed E-state index contributed by atoms with van der Waals surface area (Å²) in [5.41, 5.74) is 1.30. The predicted molar refractivity (Wildman–Crippen MR) is 117 cm³/mol.